The highest BCUT2D eigenvalue weighted by atomic mass is 16.5. The smallest absolute Gasteiger partial charge is 0.119 e. The lowest BCUT2D eigenvalue weighted by Crippen LogP contribution is -2.61. The van der Waals surface area contributed by atoms with Crippen LogP contribution in [-0.2, 0) is 11.2 Å². The van der Waals surface area contributed by atoms with Crippen LogP contribution in [0, 0.1) is 0 Å². The molecule has 1 aliphatic heterocycles. The normalized spacial score (nSPS) is 23.9. The monoisotopic (exact) mass is 221 g/mol. The fraction of sp³-hybridized carbons (Fsp3) is 0.538. The summed E-state index contributed by atoms with van der Waals surface area (Å²) in [4.78, 5) is 0. The summed E-state index contributed by atoms with van der Waals surface area (Å²) in [6.45, 7) is 1.86. The van der Waals surface area contributed by atoms with Crippen LogP contribution in [0.3, 0.4) is 0 Å². The number of benzene rings is 1. The van der Waals surface area contributed by atoms with Gasteiger partial charge in [0.2, 0.25) is 0 Å². The summed E-state index contributed by atoms with van der Waals surface area (Å²) < 4.78 is 10.5. The maximum Gasteiger partial charge on any atom is 0.119 e. The molecule has 1 saturated heterocycles. The molecule has 0 bridgehead atoms. The number of ether oxygens (including phenoxy) is 2. The Kier molecular flexibility index (Phi) is 3.46. The molecule has 2 rings (SSSR count). The second-order valence-electron chi connectivity index (χ2n) is 4.42. The van der Waals surface area contributed by atoms with Gasteiger partial charge in [-0.25, -0.2) is 0 Å². The topological polar surface area (TPSA) is 30.5 Å². The van der Waals surface area contributed by atoms with E-state index in [1.807, 2.05) is 12.1 Å². The zero-order valence-corrected chi connectivity index (χ0v) is 9.95. The van der Waals surface area contributed by atoms with Gasteiger partial charge >= 0.3 is 0 Å². The van der Waals surface area contributed by atoms with Crippen LogP contribution in [0.4, 0.5) is 0 Å². The fourth-order valence-electron chi connectivity index (χ4n) is 2.25. The summed E-state index contributed by atoms with van der Waals surface area (Å²) in [5, 5.41) is 3.48. The number of methoxy groups -OCH3 is 2. The van der Waals surface area contributed by atoms with E-state index in [1.165, 1.54) is 12.0 Å². The first kappa shape index (κ1) is 11.4. The van der Waals surface area contributed by atoms with E-state index in [0.717, 1.165) is 25.3 Å². The molecule has 88 valence electrons. The molecule has 1 N–H and O–H groups in total. The minimum absolute atomic E-state index is 0.140. The molecular formula is C13H19NO2. The van der Waals surface area contributed by atoms with E-state index >= 15 is 0 Å². The van der Waals surface area contributed by atoms with Gasteiger partial charge in [0.25, 0.3) is 0 Å². The van der Waals surface area contributed by atoms with E-state index < -0.39 is 0 Å². The molecule has 1 unspecified atom stereocenters. The van der Waals surface area contributed by atoms with E-state index in [1.54, 1.807) is 14.2 Å². The molecule has 1 heterocycles. The molecule has 1 aliphatic rings. The van der Waals surface area contributed by atoms with Crippen molar-refractivity contribution in [2.45, 2.75) is 18.4 Å². The first-order chi connectivity index (χ1) is 7.78. The molecule has 0 spiro atoms. The molecule has 0 aliphatic carbocycles. The molecule has 0 saturated carbocycles. The predicted molar refractivity (Wildman–Crippen MR) is 63.9 cm³/mol. The van der Waals surface area contributed by atoms with Gasteiger partial charge in [0.15, 0.2) is 0 Å². The van der Waals surface area contributed by atoms with Crippen molar-refractivity contribution in [3.8, 4) is 5.75 Å². The van der Waals surface area contributed by atoms with E-state index in [2.05, 4.69) is 17.4 Å². The van der Waals surface area contributed by atoms with Crippen LogP contribution in [0.2, 0.25) is 0 Å². The Morgan fingerprint density at radius 3 is 2.75 bits per heavy atom. The van der Waals surface area contributed by atoms with Crippen molar-refractivity contribution in [2.75, 3.05) is 27.4 Å². The average Bonchev–Trinajstić information content (AvgIpc) is 2.26. The van der Waals surface area contributed by atoms with Crippen LogP contribution in [0.5, 0.6) is 5.75 Å². The first-order valence-electron chi connectivity index (χ1n) is 5.65. The summed E-state index contributed by atoms with van der Waals surface area (Å²) in [7, 11) is 3.46. The second kappa shape index (κ2) is 4.85. The molecule has 16 heavy (non-hydrogen) atoms. The van der Waals surface area contributed by atoms with E-state index in [4.69, 9.17) is 9.47 Å². The van der Waals surface area contributed by atoms with Crippen LogP contribution in [0.1, 0.15) is 12.0 Å². The Morgan fingerprint density at radius 1 is 1.38 bits per heavy atom. The standard InChI is InChI=1S/C13H19NO2/c1-15-10-13(6-7-14-13)9-11-4-3-5-12(8-11)16-2/h3-5,8,14H,6-7,9-10H2,1-2H3. The highest BCUT2D eigenvalue weighted by Gasteiger charge is 2.36. The summed E-state index contributed by atoms with van der Waals surface area (Å²) in [5.74, 6) is 0.921. The quantitative estimate of drug-likeness (QED) is 0.819. The van der Waals surface area contributed by atoms with Gasteiger partial charge < -0.3 is 14.8 Å². The Bertz CT molecular complexity index is 348. The zero-order valence-electron chi connectivity index (χ0n) is 9.95. The second-order valence-corrected chi connectivity index (χ2v) is 4.42. The fourth-order valence-corrected chi connectivity index (χ4v) is 2.25. The molecule has 1 aromatic rings. The van der Waals surface area contributed by atoms with Gasteiger partial charge in [-0.3, -0.25) is 0 Å². The predicted octanol–water partition coefficient (Wildman–Crippen LogP) is 1.62. The highest BCUT2D eigenvalue weighted by Crippen LogP contribution is 2.25. The molecule has 0 amide bonds. The maximum atomic E-state index is 5.28. The third-order valence-corrected chi connectivity index (χ3v) is 3.20. The van der Waals surface area contributed by atoms with Crippen LogP contribution in [0.15, 0.2) is 24.3 Å². The Balaban J connectivity index is 2.06. The lowest BCUT2D eigenvalue weighted by atomic mass is 9.82. The van der Waals surface area contributed by atoms with Crippen LogP contribution in [0.25, 0.3) is 0 Å². The van der Waals surface area contributed by atoms with Crippen molar-refractivity contribution in [3.63, 3.8) is 0 Å². The SMILES string of the molecule is COCC1(Cc2cccc(OC)c2)CCN1. The van der Waals surface area contributed by atoms with Gasteiger partial charge in [0, 0.05) is 12.6 Å². The summed E-state index contributed by atoms with van der Waals surface area (Å²) in [6, 6.07) is 8.24. The van der Waals surface area contributed by atoms with Gasteiger partial charge in [-0.2, -0.15) is 0 Å². The van der Waals surface area contributed by atoms with Crippen molar-refractivity contribution < 1.29 is 9.47 Å². The van der Waals surface area contributed by atoms with Gasteiger partial charge in [0.05, 0.1) is 13.7 Å². The third kappa shape index (κ3) is 2.36. The lowest BCUT2D eigenvalue weighted by Gasteiger charge is -2.43. The Morgan fingerprint density at radius 2 is 2.19 bits per heavy atom. The molecule has 3 nitrogen and oxygen atoms in total. The largest absolute Gasteiger partial charge is 0.497 e. The summed E-state index contributed by atoms with van der Waals surface area (Å²) >= 11 is 0. The number of rotatable bonds is 5. The maximum absolute atomic E-state index is 5.28. The minimum atomic E-state index is 0.140. The molecule has 0 radical (unpaired) electrons. The van der Waals surface area contributed by atoms with Crippen molar-refractivity contribution in [1.82, 2.24) is 5.32 Å². The molecule has 0 aromatic heterocycles. The summed E-state index contributed by atoms with van der Waals surface area (Å²) in [5.41, 5.74) is 1.43. The van der Waals surface area contributed by atoms with Gasteiger partial charge in [-0.1, -0.05) is 12.1 Å². The summed E-state index contributed by atoms with van der Waals surface area (Å²) in [6.07, 6.45) is 2.18. The minimum Gasteiger partial charge on any atom is -0.497 e. The molecular weight excluding hydrogens is 202 g/mol. The van der Waals surface area contributed by atoms with Crippen LogP contribution < -0.4 is 10.1 Å². The number of hydrogen-bond acceptors (Lipinski definition) is 3. The van der Waals surface area contributed by atoms with Crippen molar-refractivity contribution in [2.24, 2.45) is 0 Å². The van der Waals surface area contributed by atoms with E-state index in [-0.39, 0.29) is 5.54 Å². The zero-order chi connectivity index (χ0) is 11.4. The van der Waals surface area contributed by atoms with Crippen LogP contribution in [-0.4, -0.2) is 32.9 Å². The van der Waals surface area contributed by atoms with Crippen molar-refractivity contribution in [1.29, 1.82) is 0 Å². The molecule has 1 aromatic carbocycles. The third-order valence-electron chi connectivity index (χ3n) is 3.20. The molecule has 3 heteroatoms. The average molecular weight is 221 g/mol. The van der Waals surface area contributed by atoms with Gasteiger partial charge in [-0.15, -0.1) is 0 Å². The van der Waals surface area contributed by atoms with Crippen molar-refractivity contribution in [3.05, 3.63) is 29.8 Å². The number of hydrogen-bond donors (Lipinski definition) is 1. The van der Waals surface area contributed by atoms with Gasteiger partial charge in [-0.05, 0) is 37.1 Å². The number of nitrogens with one attached hydrogen (secondary N) is 1. The molecule has 1 atom stereocenters. The molecule has 1 fully saturated rings. The van der Waals surface area contributed by atoms with E-state index in [9.17, 15) is 0 Å². The highest BCUT2D eigenvalue weighted by molar-refractivity contribution is 5.30. The Hall–Kier alpha value is -1.06. The van der Waals surface area contributed by atoms with Crippen molar-refractivity contribution >= 4 is 0 Å². The van der Waals surface area contributed by atoms with Crippen LogP contribution >= 0.6 is 0 Å². The van der Waals surface area contributed by atoms with Gasteiger partial charge in [0.1, 0.15) is 5.75 Å². The first-order valence-corrected chi connectivity index (χ1v) is 5.65. The van der Waals surface area contributed by atoms with E-state index in [0.29, 0.717) is 0 Å². The lowest BCUT2D eigenvalue weighted by molar-refractivity contribution is 0.0652. The Labute approximate surface area is 96.8 Å².